The van der Waals surface area contributed by atoms with Gasteiger partial charge in [0, 0.05) is 25.5 Å². The monoisotopic (exact) mass is 408 g/mol. The molecule has 0 atom stereocenters. The largest absolute Gasteiger partial charge is 0.490 e. The van der Waals surface area contributed by atoms with Crippen LogP contribution in [0.2, 0.25) is 0 Å². The third-order valence-corrected chi connectivity index (χ3v) is 3.70. The molecule has 0 saturated carbocycles. The molecule has 7 nitrogen and oxygen atoms in total. The van der Waals surface area contributed by atoms with E-state index in [0.717, 1.165) is 5.69 Å². The molecule has 9 heteroatoms. The molecule has 2 aromatic rings. The predicted molar refractivity (Wildman–Crippen MR) is 104 cm³/mol. The van der Waals surface area contributed by atoms with Crippen molar-refractivity contribution in [2.45, 2.75) is 13.5 Å². The first kappa shape index (κ1) is 21.9. The summed E-state index contributed by atoms with van der Waals surface area (Å²) in [5.41, 5.74) is 1.57. The molecule has 0 unspecified atom stereocenters. The summed E-state index contributed by atoms with van der Waals surface area (Å²) < 4.78 is 39.4. The fraction of sp³-hybridized carbons (Fsp3) is 0.300. The van der Waals surface area contributed by atoms with Crippen molar-refractivity contribution in [1.29, 1.82) is 0 Å². The molecule has 0 heterocycles. The molecule has 2 aromatic carbocycles. The summed E-state index contributed by atoms with van der Waals surface area (Å²) in [5.74, 6) is -1.53. The van der Waals surface area contributed by atoms with Gasteiger partial charge in [0.2, 0.25) is 0 Å². The summed E-state index contributed by atoms with van der Waals surface area (Å²) in [5, 5.41) is 2.61. The Kier molecular flexibility index (Phi) is 7.76. The van der Waals surface area contributed by atoms with Crippen LogP contribution in [0, 0.1) is 0 Å². The first-order valence-electron chi connectivity index (χ1n) is 8.76. The van der Waals surface area contributed by atoms with Crippen molar-refractivity contribution < 1.29 is 32.6 Å². The van der Waals surface area contributed by atoms with E-state index in [1.807, 2.05) is 31.1 Å². The highest BCUT2D eigenvalue weighted by molar-refractivity contribution is 5.95. The molecule has 156 valence electrons. The minimum Gasteiger partial charge on any atom is -0.490 e. The average molecular weight is 408 g/mol. The second-order valence-corrected chi connectivity index (χ2v) is 6.04. The number of benzene rings is 2. The lowest BCUT2D eigenvalue weighted by Crippen LogP contribution is -2.21. The smallest absolute Gasteiger partial charge is 0.387 e. The fourth-order valence-electron chi connectivity index (χ4n) is 2.35. The normalized spacial score (nSPS) is 10.4. The molecule has 0 aliphatic heterocycles. The minimum absolute atomic E-state index is 0.0207. The molecule has 0 radical (unpaired) electrons. The molecule has 29 heavy (non-hydrogen) atoms. The van der Waals surface area contributed by atoms with E-state index in [1.165, 1.54) is 18.2 Å². The number of anilines is 2. The van der Waals surface area contributed by atoms with Crippen LogP contribution in [-0.2, 0) is 9.53 Å². The van der Waals surface area contributed by atoms with E-state index in [0.29, 0.717) is 5.69 Å². The molecule has 0 bridgehead atoms. The summed E-state index contributed by atoms with van der Waals surface area (Å²) in [7, 11) is 3.80. The molecule has 0 fully saturated rings. The van der Waals surface area contributed by atoms with Gasteiger partial charge in [-0.15, -0.1) is 0 Å². The third-order valence-electron chi connectivity index (χ3n) is 3.70. The zero-order valence-electron chi connectivity index (χ0n) is 16.3. The number of halogens is 2. The van der Waals surface area contributed by atoms with Gasteiger partial charge in [0.15, 0.2) is 18.1 Å². The molecule has 0 aliphatic carbocycles. The van der Waals surface area contributed by atoms with Crippen molar-refractivity contribution >= 4 is 23.3 Å². The van der Waals surface area contributed by atoms with Crippen LogP contribution in [0.3, 0.4) is 0 Å². The number of ether oxygens (including phenoxy) is 3. The van der Waals surface area contributed by atoms with Gasteiger partial charge >= 0.3 is 12.6 Å². The highest BCUT2D eigenvalue weighted by atomic mass is 19.3. The number of esters is 1. The third kappa shape index (κ3) is 6.63. The van der Waals surface area contributed by atoms with Crippen molar-refractivity contribution in [2.24, 2.45) is 0 Å². The lowest BCUT2D eigenvalue weighted by atomic mass is 10.2. The van der Waals surface area contributed by atoms with Crippen LogP contribution in [0.5, 0.6) is 11.5 Å². The first-order valence-corrected chi connectivity index (χ1v) is 8.76. The van der Waals surface area contributed by atoms with Gasteiger partial charge in [0.1, 0.15) is 0 Å². The van der Waals surface area contributed by atoms with E-state index in [2.05, 4.69) is 10.1 Å². The molecule has 1 N–H and O–H groups in total. The van der Waals surface area contributed by atoms with Crippen molar-refractivity contribution in [2.75, 3.05) is 37.5 Å². The number of hydrogen-bond acceptors (Lipinski definition) is 6. The summed E-state index contributed by atoms with van der Waals surface area (Å²) in [4.78, 5) is 26.1. The summed E-state index contributed by atoms with van der Waals surface area (Å²) in [6.07, 6.45) is 0. The van der Waals surface area contributed by atoms with Gasteiger partial charge in [-0.2, -0.15) is 8.78 Å². The SMILES string of the molecule is CCOc1cc(C(=O)OCC(=O)Nc2ccc(N(C)C)cc2)ccc1OC(F)F. The van der Waals surface area contributed by atoms with Gasteiger partial charge in [-0.25, -0.2) is 4.79 Å². The lowest BCUT2D eigenvalue weighted by Gasteiger charge is -2.13. The Labute approximate surface area is 167 Å². The second-order valence-electron chi connectivity index (χ2n) is 6.04. The highest BCUT2D eigenvalue weighted by Gasteiger charge is 2.16. The Bertz CT molecular complexity index is 841. The van der Waals surface area contributed by atoms with Crippen molar-refractivity contribution in [3.05, 3.63) is 48.0 Å². The topological polar surface area (TPSA) is 77.1 Å². The number of amides is 1. The zero-order chi connectivity index (χ0) is 21.4. The van der Waals surface area contributed by atoms with Crippen LogP contribution in [0.15, 0.2) is 42.5 Å². The molecular weight excluding hydrogens is 386 g/mol. The Balaban J connectivity index is 1.95. The molecule has 0 aliphatic rings. The van der Waals surface area contributed by atoms with Gasteiger partial charge in [-0.3, -0.25) is 4.79 Å². The van der Waals surface area contributed by atoms with E-state index in [1.54, 1.807) is 19.1 Å². The van der Waals surface area contributed by atoms with Crippen LogP contribution in [0.4, 0.5) is 20.2 Å². The molecule has 0 spiro atoms. The maximum Gasteiger partial charge on any atom is 0.387 e. The highest BCUT2D eigenvalue weighted by Crippen LogP contribution is 2.30. The van der Waals surface area contributed by atoms with Gasteiger partial charge in [-0.1, -0.05) is 0 Å². The Morgan fingerprint density at radius 2 is 1.76 bits per heavy atom. The number of nitrogens with zero attached hydrogens (tertiary/aromatic N) is 1. The maximum atomic E-state index is 12.4. The number of carbonyl (C=O) groups is 2. The number of alkyl halides is 2. The lowest BCUT2D eigenvalue weighted by molar-refractivity contribution is -0.119. The van der Waals surface area contributed by atoms with Crippen LogP contribution in [0.25, 0.3) is 0 Å². The zero-order valence-corrected chi connectivity index (χ0v) is 16.3. The number of nitrogens with one attached hydrogen (secondary N) is 1. The Hall–Kier alpha value is -3.36. The van der Waals surface area contributed by atoms with Crippen LogP contribution in [-0.4, -0.2) is 45.8 Å². The van der Waals surface area contributed by atoms with Crippen LogP contribution in [0.1, 0.15) is 17.3 Å². The van der Waals surface area contributed by atoms with Gasteiger partial charge in [-0.05, 0) is 49.4 Å². The summed E-state index contributed by atoms with van der Waals surface area (Å²) in [6.45, 7) is -1.68. The van der Waals surface area contributed by atoms with E-state index in [-0.39, 0.29) is 23.7 Å². The van der Waals surface area contributed by atoms with Crippen LogP contribution < -0.4 is 19.7 Å². The molecule has 1 amide bonds. The van der Waals surface area contributed by atoms with Crippen molar-refractivity contribution in [1.82, 2.24) is 0 Å². The quantitative estimate of drug-likeness (QED) is 0.640. The van der Waals surface area contributed by atoms with Crippen molar-refractivity contribution in [3.8, 4) is 11.5 Å². The Morgan fingerprint density at radius 3 is 2.34 bits per heavy atom. The Morgan fingerprint density at radius 1 is 1.07 bits per heavy atom. The van der Waals surface area contributed by atoms with E-state index < -0.39 is 25.1 Å². The summed E-state index contributed by atoms with van der Waals surface area (Å²) >= 11 is 0. The summed E-state index contributed by atoms with van der Waals surface area (Å²) in [6, 6.07) is 10.8. The first-order chi connectivity index (χ1) is 13.8. The van der Waals surface area contributed by atoms with E-state index in [9.17, 15) is 18.4 Å². The van der Waals surface area contributed by atoms with Crippen molar-refractivity contribution in [3.63, 3.8) is 0 Å². The minimum atomic E-state index is -3.03. The van der Waals surface area contributed by atoms with Gasteiger partial charge in [0.25, 0.3) is 5.91 Å². The average Bonchev–Trinajstić information content (AvgIpc) is 2.67. The van der Waals surface area contributed by atoms with Gasteiger partial charge < -0.3 is 24.4 Å². The van der Waals surface area contributed by atoms with E-state index >= 15 is 0 Å². The standard InChI is InChI=1S/C20H22F2N2O5/c1-4-27-17-11-13(5-10-16(17)29-20(21)22)19(26)28-12-18(25)23-14-6-8-15(9-7-14)24(2)3/h5-11,20H,4,12H2,1-3H3,(H,23,25). The number of carbonyl (C=O) groups excluding carboxylic acids is 2. The number of hydrogen-bond donors (Lipinski definition) is 1. The second kappa shape index (κ2) is 10.3. The molecular formula is C20H22F2N2O5. The van der Waals surface area contributed by atoms with Crippen LogP contribution >= 0.6 is 0 Å². The van der Waals surface area contributed by atoms with E-state index in [4.69, 9.17) is 9.47 Å². The van der Waals surface area contributed by atoms with Gasteiger partial charge in [0.05, 0.1) is 12.2 Å². The predicted octanol–water partition coefficient (Wildman–Crippen LogP) is 3.55. The maximum absolute atomic E-state index is 12.4. The molecule has 0 aromatic heterocycles. The molecule has 2 rings (SSSR count). The fourth-order valence-corrected chi connectivity index (χ4v) is 2.35. The molecule has 0 saturated heterocycles. The number of rotatable bonds is 9.